The van der Waals surface area contributed by atoms with Gasteiger partial charge in [-0.2, -0.15) is 0 Å². The van der Waals surface area contributed by atoms with E-state index in [0.717, 1.165) is 0 Å². The number of fused-ring (bicyclic) bond motifs is 1. The van der Waals surface area contributed by atoms with Crippen molar-refractivity contribution in [2.75, 3.05) is 0 Å². The summed E-state index contributed by atoms with van der Waals surface area (Å²) in [7, 11) is 0. The molecule has 0 saturated carbocycles. The Morgan fingerprint density at radius 1 is 1.08 bits per heavy atom. The second-order valence-electron chi connectivity index (χ2n) is 4.53. The number of benzene rings is 1. The van der Waals surface area contributed by atoms with Crippen molar-refractivity contribution in [2.24, 2.45) is 0 Å². The molecule has 0 radical (unpaired) electrons. The molecule has 0 aliphatic rings. The van der Waals surface area contributed by atoms with Crippen molar-refractivity contribution in [3.05, 3.63) is 30.5 Å². The molecule has 0 unspecified atom stereocenters. The van der Waals surface area contributed by atoms with Crippen LogP contribution in [0.5, 0.6) is 0 Å². The van der Waals surface area contributed by atoms with Crippen LogP contribution in [0.15, 0.2) is 30.5 Å². The van der Waals surface area contributed by atoms with Crippen molar-refractivity contribution in [3.8, 4) is 0 Å². The number of rotatable bonds is 1. The molecular formula is C11H15NSn. The molecule has 1 nitrogen and oxygen atoms in total. The van der Waals surface area contributed by atoms with Crippen LogP contribution in [-0.2, 0) is 0 Å². The molecule has 2 rings (SSSR count). The van der Waals surface area contributed by atoms with Crippen molar-refractivity contribution in [1.82, 2.24) is 4.98 Å². The topological polar surface area (TPSA) is 15.8 Å². The third-order valence-corrected chi connectivity index (χ3v) is 8.25. The molecule has 1 aromatic carbocycles. The van der Waals surface area contributed by atoms with Crippen LogP contribution in [0.4, 0.5) is 0 Å². The predicted molar refractivity (Wildman–Crippen MR) is 61.3 cm³/mol. The Hall–Kier alpha value is -0.441. The van der Waals surface area contributed by atoms with Crippen molar-refractivity contribution in [1.29, 1.82) is 0 Å². The summed E-state index contributed by atoms with van der Waals surface area (Å²) in [5.74, 6) is 0. The van der Waals surface area contributed by atoms with Gasteiger partial charge in [-0.15, -0.1) is 0 Å². The van der Waals surface area contributed by atoms with Crippen LogP contribution >= 0.6 is 0 Å². The Kier molecular flexibility index (Phi) is 2.14. The van der Waals surface area contributed by atoms with Crippen LogP contribution in [0.3, 0.4) is 0 Å². The zero-order valence-corrected chi connectivity index (χ0v) is 11.2. The Morgan fingerprint density at radius 2 is 1.85 bits per heavy atom. The van der Waals surface area contributed by atoms with Crippen LogP contribution in [0.1, 0.15) is 0 Å². The molecule has 2 aromatic rings. The molecule has 68 valence electrons. The maximum atomic E-state index is 3.22. The van der Waals surface area contributed by atoms with Crippen molar-refractivity contribution in [2.45, 2.75) is 14.8 Å². The Balaban J connectivity index is 2.61. The predicted octanol–water partition coefficient (Wildman–Crippen LogP) is 2.71. The zero-order valence-electron chi connectivity index (χ0n) is 8.39. The fourth-order valence-corrected chi connectivity index (χ4v) is 4.86. The van der Waals surface area contributed by atoms with Gasteiger partial charge in [0, 0.05) is 0 Å². The summed E-state index contributed by atoms with van der Waals surface area (Å²) in [6.45, 7) is 0. The molecule has 0 bridgehead atoms. The molecule has 13 heavy (non-hydrogen) atoms. The summed E-state index contributed by atoms with van der Waals surface area (Å²) in [6.07, 6.45) is 2.01. The summed E-state index contributed by atoms with van der Waals surface area (Å²) in [4.78, 5) is 10.6. The minimum absolute atomic E-state index is 1.25. The van der Waals surface area contributed by atoms with Crippen LogP contribution in [0.25, 0.3) is 10.9 Å². The van der Waals surface area contributed by atoms with Crippen molar-refractivity contribution < 1.29 is 0 Å². The van der Waals surface area contributed by atoms with E-state index in [1.807, 2.05) is 6.20 Å². The number of nitrogens with one attached hydrogen (secondary N) is 1. The summed E-state index contributed by atoms with van der Waals surface area (Å²) in [6, 6.07) is 8.99. The summed E-state index contributed by atoms with van der Waals surface area (Å²) in [5.41, 5.74) is 1.25. The molecule has 2 heteroatoms. The fourth-order valence-electron chi connectivity index (χ4n) is 1.52. The van der Waals surface area contributed by atoms with Gasteiger partial charge < -0.3 is 0 Å². The third kappa shape index (κ3) is 1.75. The van der Waals surface area contributed by atoms with E-state index in [9.17, 15) is 0 Å². The van der Waals surface area contributed by atoms with Gasteiger partial charge in [-0.1, -0.05) is 0 Å². The minimum atomic E-state index is -1.84. The third-order valence-electron chi connectivity index (χ3n) is 2.42. The summed E-state index contributed by atoms with van der Waals surface area (Å²) >= 11 is -1.84. The standard InChI is InChI=1S/C8H6N.3CH3.Sn/c1-2-4-8-7(3-1)5-6-9-8;;;;/h2-6,9H;3*1H3;. The van der Waals surface area contributed by atoms with Gasteiger partial charge in [0.15, 0.2) is 0 Å². The van der Waals surface area contributed by atoms with Gasteiger partial charge in [0.1, 0.15) is 0 Å². The zero-order chi connectivity index (χ0) is 9.47. The van der Waals surface area contributed by atoms with E-state index in [4.69, 9.17) is 0 Å². The van der Waals surface area contributed by atoms with Crippen LogP contribution < -0.4 is 3.58 Å². The van der Waals surface area contributed by atoms with E-state index >= 15 is 0 Å². The molecule has 0 aliphatic heterocycles. The normalized spacial score (nSPS) is 12.2. The molecular weight excluding hydrogens is 265 g/mol. The molecule has 0 spiro atoms. The van der Waals surface area contributed by atoms with Crippen LogP contribution in [0.2, 0.25) is 14.8 Å². The molecule has 0 atom stereocenters. The summed E-state index contributed by atoms with van der Waals surface area (Å²) < 4.78 is 1.60. The molecule has 1 heterocycles. The molecule has 0 aliphatic carbocycles. The molecule has 0 fully saturated rings. The van der Waals surface area contributed by atoms with Gasteiger partial charge >= 0.3 is 83.1 Å². The van der Waals surface area contributed by atoms with E-state index in [2.05, 4.69) is 44.1 Å². The average Bonchev–Trinajstić information content (AvgIpc) is 2.47. The Labute approximate surface area is 83.0 Å². The number of aromatic nitrogens is 1. The Morgan fingerprint density at radius 3 is 2.54 bits per heavy atom. The Bertz CT molecular complexity index is 423. The second-order valence-corrected chi connectivity index (χ2v) is 19.0. The van der Waals surface area contributed by atoms with E-state index < -0.39 is 18.4 Å². The first-order valence-electron chi connectivity index (χ1n) is 4.65. The van der Waals surface area contributed by atoms with Gasteiger partial charge in [0.05, 0.1) is 0 Å². The number of H-pyrrole nitrogens is 1. The van der Waals surface area contributed by atoms with Crippen LogP contribution in [0, 0.1) is 0 Å². The van der Waals surface area contributed by atoms with Crippen molar-refractivity contribution in [3.63, 3.8) is 0 Å². The number of hydrogen-bond donors (Lipinski definition) is 1. The second kappa shape index (κ2) is 3.05. The van der Waals surface area contributed by atoms with Gasteiger partial charge in [-0.3, -0.25) is 0 Å². The average molecular weight is 280 g/mol. The van der Waals surface area contributed by atoms with E-state index in [0.29, 0.717) is 0 Å². The van der Waals surface area contributed by atoms with Gasteiger partial charge in [0.25, 0.3) is 0 Å². The quantitative estimate of drug-likeness (QED) is 0.773. The van der Waals surface area contributed by atoms with E-state index in [1.54, 1.807) is 3.58 Å². The van der Waals surface area contributed by atoms with Gasteiger partial charge in [-0.05, 0) is 0 Å². The van der Waals surface area contributed by atoms with Crippen LogP contribution in [-0.4, -0.2) is 23.4 Å². The molecule has 0 amide bonds. The van der Waals surface area contributed by atoms with Crippen molar-refractivity contribution >= 4 is 32.9 Å². The fraction of sp³-hybridized carbons (Fsp3) is 0.273. The van der Waals surface area contributed by atoms with Gasteiger partial charge in [0.2, 0.25) is 0 Å². The number of hydrogen-bond acceptors (Lipinski definition) is 0. The first kappa shape index (κ1) is 9.13. The first-order chi connectivity index (χ1) is 6.07. The molecule has 1 N–H and O–H groups in total. The molecule has 0 saturated heterocycles. The summed E-state index contributed by atoms with van der Waals surface area (Å²) in [5, 5.41) is 1.35. The number of aromatic amines is 1. The van der Waals surface area contributed by atoms with Gasteiger partial charge in [-0.25, -0.2) is 0 Å². The van der Waals surface area contributed by atoms with E-state index in [1.165, 1.54) is 10.9 Å². The van der Waals surface area contributed by atoms with E-state index in [-0.39, 0.29) is 0 Å². The molecule has 1 aromatic heterocycles. The maximum absolute atomic E-state index is 3.22. The first-order valence-corrected chi connectivity index (χ1v) is 14.6. The monoisotopic (exact) mass is 281 g/mol. The SMILES string of the molecule is [CH3][Sn]([CH3])([CH3])[c]1ccc2[nH]ccc2c1.